The molecule has 4 saturated heterocycles. The van der Waals surface area contributed by atoms with Gasteiger partial charge in [-0.15, -0.1) is 0 Å². The summed E-state index contributed by atoms with van der Waals surface area (Å²) in [5.74, 6) is 0.937. The number of Topliss-reactive ketones (excluding diaryl/α,β-unsaturated/α-hetero) is 1. The number of aromatic nitrogens is 4. The number of nitrogens with zero attached hydrogens (tertiary/aromatic N) is 8. The first-order valence-electron chi connectivity index (χ1n) is 22.2. The van der Waals surface area contributed by atoms with E-state index in [1.165, 1.54) is 57.9 Å². The number of carbonyl (C=O) groups excluding carboxylic acids is 3. The second kappa shape index (κ2) is 17.4. The molecular weight excluding hydrogens is 757 g/mol. The summed E-state index contributed by atoms with van der Waals surface area (Å²) in [5, 5.41) is 6.46. The van der Waals surface area contributed by atoms with E-state index < -0.39 is 0 Å². The Morgan fingerprint density at radius 1 is 0.767 bits per heavy atom. The van der Waals surface area contributed by atoms with Crippen LogP contribution in [0.3, 0.4) is 0 Å². The number of pyridine rings is 2. The zero-order valence-electron chi connectivity index (χ0n) is 35.1. The Bertz CT molecular complexity index is 2270. The van der Waals surface area contributed by atoms with Crippen molar-refractivity contribution in [1.29, 1.82) is 0 Å². The summed E-state index contributed by atoms with van der Waals surface area (Å²) in [6, 6.07) is 13.2. The standard InChI is InChI=1S/C46H58N10O4/c1-30-39-28-48-46(51-43(39)56(36-5-3-4-6-36)45(60)42(30)31(2)57)49-40-13-11-37(27-47-40)55-25-23-54(24-26-55)35-17-19-52(20-18-35)29-32-15-21-53(22-16-32)34-9-7-33(8-10-34)38-12-14-41(58)50-44(38)59/h7-11,13,27-28,32,35-36,38H,3-6,12,14-26,29H2,1-2H3,(H,50,58,59)(H,47,48,49,51). The van der Waals surface area contributed by atoms with Gasteiger partial charge in [0.15, 0.2) is 5.78 Å². The van der Waals surface area contributed by atoms with Gasteiger partial charge in [0.1, 0.15) is 11.5 Å². The molecule has 14 heteroatoms. The predicted octanol–water partition coefficient (Wildman–Crippen LogP) is 5.58. The maximum atomic E-state index is 13.6. The van der Waals surface area contributed by atoms with Crippen LogP contribution in [-0.4, -0.2) is 112 Å². The Hall–Kier alpha value is -5.21. The number of benzene rings is 1. The zero-order chi connectivity index (χ0) is 41.3. The summed E-state index contributed by atoms with van der Waals surface area (Å²) >= 11 is 0. The van der Waals surface area contributed by atoms with Gasteiger partial charge in [0.25, 0.3) is 5.56 Å². The lowest BCUT2D eigenvalue weighted by Gasteiger charge is -2.44. The van der Waals surface area contributed by atoms with Crippen molar-refractivity contribution in [2.45, 2.75) is 96.1 Å². The van der Waals surface area contributed by atoms with Crippen molar-refractivity contribution in [2.75, 3.05) is 74.0 Å². The highest BCUT2D eigenvalue weighted by atomic mass is 16.2. The van der Waals surface area contributed by atoms with Crippen LogP contribution in [0.2, 0.25) is 0 Å². The molecule has 0 bridgehead atoms. The fourth-order valence-electron chi connectivity index (χ4n) is 10.6. The third kappa shape index (κ3) is 8.41. The van der Waals surface area contributed by atoms with Crippen LogP contribution in [0.5, 0.6) is 0 Å². The van der Waals surface area contributed by atoms with Gasteiger partial charge in [0.2, 0.25) is 17.8 Å². The minimum Gasteiger partial charge on any atom is -0.372 e. The number of aryl methyl sites for hydroxylation is 1. The lowest BCUT2D eigenvalue weighted by Crippen LogP contribution is -2.53. The number of piperazine rings is 1. The molecule has 5 aliphatic rings. The first-order chi connectivity index (χ1) is 29.2. The molecule has 4 aliphatic heterocycles. The Kier molecular flexibility index (Phi) is 11.7. The average Bonchev–Trinajstić information content (AvgIpc) is 3.79. The maximum absolute atomic E-state index is 13.6. The number of nitrogens with one attached hydrogen (secondary N) is 2. The highest BCUT2D eigenvalue weighted by Crippen LogP contribution is 2.33. The van der Waals surface area contributed by atoms with Crippen molar-refractivity contribution in [2.24, 2.45) is 5.92 Å². The van der Waals surface area contributed by atoms with Crippen LogP contribution >= 0.6 is 0 Å². The minimum absolute atomic E-state index is 0.0291. The molecule has 316 valence electrons. The van der Waals surface area contributed by atoms with Gasteiger partial charge in [-0.2, -0.15) is 4.98 Å². The van der Waals surface area contributed by atoms with E-state index in [0.717, 1.165) is 87.5 Å². The SMILES string of the molecule is CC(=O)c1c(C)c2cnc(Nc3ccc(N4CCN(C5CCN(CC6CCN(c7ccc(C8CCC(=O)NC8=O)cc7)CC6)CC5)CC4)cn3)nc2n(C2CCCC2)c1=O. The second-order valence-corrected chi connectivity index (χ2v) is 17.7. The Balaban J connectivity index is 0.724. The van der Waals surface area contributed by atoms with E-state index in [0.29, 0.717) is 41.9 Å². The Morgan fingerprint density at radius 2 is 1.47 bits per heavy atom. The number of piperidine rings is 3. The van der Waals surface area contributed by atoms with Gasteiger partial charge in [0, 0.05) is 81.6 Å². The number of fused-ring (bicyclic) bond motifs is 1. The van der Waals surface area contributed by atoms with E-state index >= 15 is 0 Å². The monoisotopic (exact) mass is 814 g/mol. The minimum atomic E-state index is -0.253. The van der Waals surface area contributed by atoms with Crippen LogP contribution < -0.4 is 26.0 Å². The summed E-state index contributed by atoms with van der Waals surface area (Å²) in [4.78, 5) is 74.3. The number of anilines is 4. The molecule has 1 aliphatic carbocycles. The van der Waals surface area contributed by atoms with Gasteiger partial charge >= 0.3 is 0 Å². The molecule has 1 unspecified atom stereocenters. The summed E-state index contributed by atoms with van der Waals surface area (Å²) in [5.41, 5.74) is 4.50. The van der Waals surface area contributed by atoms with E-state index in [4.69, 9.17) is 9.97 Å². The number of hydrogen-bond acceptors (Lipinski definition) is 12. The molecule has 0 radical (unpaired) electrons. The third-order valence-electron chi connectivity index (χ3n) is 14.0. The van der Waals surface area contributed by atoms with Crippen molar-refractivity contribution in [3.63, 3.8) is 0 Å². The molecule has 4 aromatic rings. The van der Waals surface area contributed by atoms with E-state index in [-0.39, 0.29) is 40.7 Å². The molecule has 14 nitrogen and oxygen atoms in total. The number of amides is 2. The Morgan fingerprint density at radius 3 is 2.13 bits per heavy atom. The van der Waals surface area contributed by atoms with Crippen LogP contribution in [0.25, 0.3) is 11.0 Å². The zero-order valence-corrected chi connectivity index (χ0v) is 35.1. The predicted molar refractivity (Wildman–Crippen MR) is 233 cm³/mol. The largest absolute Gasteiger partial charge is 0.372 e. The van der Waals surface area contributed by atoms with Crippen molar-refractivity contribution in [3.8, 4) is 0 Å². The van der Waals surface area contributed by atoms with Gasteiger partial charge in [-0.3, -0.25) is 34.0 Å². The Labute approximate surface area is 351 Å². The van der Waals surface area contributed by atoms with Crippen molar-refractivity contribution in [3.05, 3.63) is 75.8 Å². The van der Waals surface area contributed by atoms with Crippen LogP contribution in [0.1, 0.15) is 105 Å². The van der Waals surface area contributed by atoms with Gasteiger partial charge in [-0.1, -0.05) is 25.0 Å². The highest BCUT2D eigenvalue weighted by molar-refractivity contribution is 6.01. The molecule has 1 atom stereocenters. The maximum Gasteiger partial charge on any atom is 0.263 e. The molecule has 3 aromatic heterocycles. The quantitative estimate of drug-likeness (QED) is 0.152. The number of likely N-dealkylation sites (tertiary alicyclic amines) is 1. The third-order valence-corrected chi connectivity index (χ3v) is 14.0. The molecule has 7 heterocycles. The molecular formula is C46H58N10O4. The van der Waals surface area contributed by atoms with Crippen molar-refractivity contribution < 1.29 is 14.4 Å². The van der Waals surface area contributed by atoms with Crippen molar-refractivity contribution in [1.82, 2.24) is 34.6 Å². The number of imide groups is 1. The normalized spacial score (nSPS) is 21.8. The van der Waals surface area contributed by atoms with Crippen LogP contribution in [0.15, 0.2) is 53.6 Å². The topological polar surface area (TPSA) is 149 Å². The summed E-state index contributed by atoms with van der Waals surface area (Å²) < 4.78 is 1.74. The molecule has 60 heavy (non-hydrogen) atoms. The second-order valence-electron chi connectivity index (χ2n) is 17.7. The van der Waals surface area contributed by atoms with Crippen molar-refractivity contribution >= 4 is 51.8 Å². The first-order valence-corrected chi connectivity index (χ1v) is 22.2. The van der Waals surface area contributed by atoms with Gasteiger partial charge in [-0.25, -0.2) is 9.97 Å². The van der Waals surface area contributed by atoms with Crippen LogP contribution in [0, 0.1) is 12.8 Å². The molecule has 1 saturated carbocycles. The van der Waals surface area contributed by atoms with E-state index in [9.17, 15) is 19.2 Å². The number of carbonyl (C=O) groups is 3. The molecule has 2 amide bonds. The fraction of sp³-hybridized carbons (Fsp3) is 0.543. The summed E-state index contributed by atoms with van der Waals surface area (Å²) in [6.45, 7) is 13.0. The molecule has 5 fully saturated rings. The van der Waals surface area contributed by atoms with Gasteiger partial charge in [0.05, 0.1) is 23.4 Å². The number of hydrogen-bond donors (Lipinski definition) is 2. The van der Waals surface area contributed by atoms with E-state index in [1.807, 2.05) is 19.2 Å². The highest BCUT2D eigenvalue weighted by Gasteiger charge is 2.31. The van der Waals surface area contributed by atoms with Gasteiger partial charge < -0.3 is 20.0 Å². The fourth-order valence-corrected chi connectivity index (χ4v) is 10.6. The van der Waals surface area contributed by atoms with Crippen LogP contribution in [0.4, 0.5) is 23.1 Å². The van der Waals surface area contributed by atoms with E-state index in [1.54, 1.807) is 10.8 Å². The van der Waals surface area contributed by atoms with E-state index in [2.05, 4.69) is 65.5 Å². The molecule has 2 N–H and O–H groups in total. The van der Waals surface area contributed by atoms with Gasteiger partial charge in [-0.05, 0) is 113 Å². The number of ketones is 1. The summed E-state index contributed by atoms with van der Waals surface area (Å²) in [7, 11) is 0. The smallest absolute Gasteiger partial charge is 0.263 e. The molecule has 9 rings (SSSR count). The lowest BCUT2D eigenvalue weighted by atomic mass is 9.90. The number of rotatable bonds is 10. The average molecular weight is 815 g/mol. The summed E-state index contributed by atoms with van der Waals surface area (Å²) in [6.07, 6.45) is 13.4. The molecule has 0 spiro atoms. The lowest BCUT2D eigenvalue weighted by molar-refractivity contribution is -0.134. The van der Waals surface area contributed by atoms with Crippen LogP contribution in [-0.2, 0) is 9.59 Å². The molecule has 1 aromatic carbocycles. The first kappa shape index (κ1) is 40.2.